The van der Waals surface area contributed by atoms with Gasteiger partial charge in [-0.3, -0.25) is 0 Å². The first kappa shape index (κ1) is 11.0. The van der Waals surface area contributed by atoms with Gasteiger partial charge in [0.1, 0.15) is 5.82 Å². The number of alkyl halides is 3. The molecule has 0 saturated heterocycles. The van der Waals surface area contributed by atoms with Crippen molar-refractivity contribution < 1.29 is 22.7 Å². The average molecular weight is 208 g/mol. The fourth-order valence-corrected chi connectivity index (χ4v) is 1.12. The van der Waals surface area contributed by atoms with E-state index in [0.717, 1.165) is 18.2 Å². The molecule has 1 aromatic rings. The predicted molar refractivity (Wildman–Crippen MR) is 42.2 cm³/mol. The van der Waals surface area contributed by atoms with Crippen molar-refractivity contribution in [1.82, 2.24) is 0 Å². The second-order valence-corrected chi connectivity index (χ2v) is 2.95. The quantitative estimate of drug-likeness (QED) is 0.703. The van der Waals surface area contributed by atoms with Crippen LogP contribution < -0.4 is 0 Å². The highest BCUT2D eigenvalue weighted by molar-refractivity contribution is 5.29. The molecular formula is C9H8F4O. The number of aliphatic hydroxyl groups is 1. The highest BCUT2D eigenvalue weighted by Crippen LogP contribution is 2.33. The molecule has 0 radical (unpaired) electrons. The van der Waals surface area contributed by atoms with Gasteiger partial charge in [-0.05, 0) is 30.2 Å². The highest BCUT2D eigenvalue weighted by atomic mass is 19.4. The third-order valence-electron chi connectivity index (χ3n) is 1.84. The molecule has 0 heterocycles. The van der Waals surface area contributed by atoms with Crippen molar-refractivity contribution in [2.24, 2.45) is 0 Å². The minimum Gasteiger partial charge on any atom is -0.379 e. The monoisotopic (exact) mass is 208 g/mol. The fraction of sp³-hybridized carbons (Fsp3) is 0.333. The molecule has 14 heavy (non-hydrogen) atoms. The molecule has 1 atom stereocenters. The minimum atomic E-state index is -4.72. The maximum Gasteiger partial charge on any atom is 0.418 e. The number of hydrogen-bond donors (Lipinski definition) is 1. The van der Waals surface area contributed by atoms with Gasteiger partial charge in [0.05, 0.1) is 0 Å². The molecule has 0 spiro atoms. The van der Waals surface area contributed by atoms with E-state index in [2.05, 4.69) is 0 Å². The van der Waals surface area contributed by atoms with Gasteiger partial charge in [-0.25, -0.2) is 4.39 Å². The Morgan fingerprint density at radius 2 is 1.86 bits per heavy atom. The number of aliphatic hydroxyl groups excluding tert-OH is 1. The summed E-state index contributed by atoms with van der Waals surface area (Å²) in [5.41, 5.74) is -0.242. The highest BCUT2D eigenvalue weighted by Gasteiger charge is 2.39. The molecule has 0 aliphatic carbocycles. The van der Waals surface area contributed by atoms with Gasteiger partial charge in [-0.2, -0.15) is 13.2 Å². The second-order valence-electron chi connectivity index (χ2n) is 2.95. The van der Waals surface area contributed by atoms with E-state index < -0.39 is 18.1 Å². The number of aryl methyl sites for hydroxylation is 1. The van der Waals surface area contributed by atoms with Crippen LogP contribution in [-0.4, -0.2) is 11.3 Å². The fourth-order valence-electron chi connectivity index (χ4n) is 1.12. The first-order valence-corrected chi connectivity index (χ1v) is 3.83. The van der Waals surface area contributed by atoms with Crippen LogP contribution in [0.5, 0.6) is 0 Å². The summed E-state index contributed by atoms with van der Waals surface area (Å²) in [6, 6.07) is 2.77. The average Bonchev–Trinajstić information content (AvgIpc) is 2.01. The zero-order chi connectivity index (χ0) is 10.9. The largest absolute Gasteiger partial charge is 0.418 e. The van der Waals surface area contributed by atoms with E-state index >= 15 is 0 Å². The number of hydrogen-bond acceptors (Lipinski definition) is 1. The summed E-state index contributed by atoms with van der Waals surface area (Å²) in [4.78, 5) is 0. The predicted octanol–water partition coefficient (Wildman–Crippen LogP) is 2.73. The molecule has 5 heteroatoms. The van der Waals surface area contributed by atoms with Crippen LogP contribution >= 0.6 is 0 Å². The lowest BCUT2D eigenvalue weighted by Gasteiger charge is -2.16. The smallest absolute Gasteiger partial charge is 0.379 e. The molecule has 0 fully saturated rings. The zero-order valence-electron chi connectivity index (χ0n) is 7.27. The molecule has 1 unspecified atom stereocenters. The minimum absolute atomic E-state index is 0.0785. The van der Waals surface area contributed by atoms with E-state index in [9.17, 15) is 17.6 Å². The molecular weight excluding hydrogens is 200 g/mol. The van der Waals surface area contributed by atoms with Gasteiger partial charge < -0.3 is 5.11 Å². The van der Waals surface area contributed by atoms with Crippen LogP contribution in [0, 0.1) is 12.7 Å². The van der Waals surface area contributed by atoms with Gasteiger partial charge in [-0.1, -0.05) is 6.07 Å². The first-order chi connectivity index (χ1) is 6.32. The van der Waals surface area contributed by atoms with Crippen LogP contribution in [0.15, 0.2) is 18.2 Å². The molecule has 0 bridgehead atoms. The molecule has 1 rings (SSSR count). The Kier molecular flexibility index (Phi) is 2.80. The summed E-state index contributed by atoms with van der Waals surface area (Å²) in [7, 11) is 0. The lowest BCUT2D eigenvalue weighted by molar-refractivity contribution is -0.207. The van der Waals surface area contributed by atoms with Crippen molar-refractivity contribution in [2.75, 3.05) is 0 Å². The molecule has 1 nitrogen and oxygen atoms in total. The van der Waals surface area contributed by atoms with Gasteiger partial charge in [0.15, 0.2) is 6.10 Å². The van der Waals surface area contributed by atoms with Gasteiger partial charge in [0.2, 0.25) is 0 Å². The lowest BCUT2D eigenvalue weighted by atomic mass is 10.0. The summed E-state index contributed by atoms with van der Waals surface area (Å²) in [6.07, 6.45) is -7.27. The van der Waals surface area contributed by atoms with Gasteiger partial charge in [0, 0.05) is 0 Å². The topological polar surface area (TPSA) is 20.2 Å². The maximum atomic E-state index is 12.5. The summed E-state index contributed by atoms with van der Waals surface area (Å²) in [6.45, 7) is 1.31. The Labute approximate surface area is 78.0 Å². The summed E-state index contributed by atoms with van der Waals surface area (Å²) >= 11 is 0. The summed E-state index contributed by atoms with van der Waals surface area (Å²) in [5, 5.41) is 8.88. The molecule has 1 N–H and O–H groups in total. The van der Waals surface area contributed by atoms with Crippen molar-refractivity contribution >= 4 is 0 Å². The van der Waals surface area contributed by atoms with Gasteiger partial charge in [-0.15, -0.1) is 0 Å². The molecule has 0 amide bonds. The van der Waals surface area contributed by atoms with E-state index in [1.165, 1.54) is 6.92 Å². The Bertz CT molecular complexity index is 332. The molecule has 0 aromatic heterocycles. The SMILES string of the molecule is Cc1cc(F)ccc1C(O)C(F)(F)F. The van der Waals surface area contributed by atoms with Gasteiger partial charge in [0.25, 0.3) is 0 Å². The van der Waals surface area contributed by atoms with Crippen molar-refractivity contribution in [3.63, 3.8) is 0 Å². The molecule has 0 saturated carbocycles. The van der Waals surface area contributed by atoms with Crippen molar-refractivity contribution in [3.05, 3.63) is 35.1 Å². The van der Waals surface area contributed by atoms with Crippen molar-refractivity contribution in [2.45, 2.75) is 19.2 Å². The Balaban J connectivity index is 3.08. The van der Waals surface area contributed by atoms with Crippen molar-refractivity contribution in [3.8, 4) is 0 Å². The van der Waals surface area contributed by atoms with Crippen LogP contribution in [0.25, 0.3) is 0 Å². The Hall–Kier alpha value is -1.10. The van der Waals surface area contributed by atoms with Crippen LogP contribution in [-0.2, 0) is 0 Å². The standard InChI is InChI=1S/C9H8F4O/c1-5-4-6(10)2-3-7(5)8(14)9(11,12)13/h2-4,8,14H,1H3. The van der Waals surface area contributed by atoms with E-state index in [-0.39, 0.29) is 11.1 Å². The number of rotatable bonds is 1. The molecule has 1 aromatic carbocycles. The summed E-state index contributed by atoms with van der Waals surface area (Å²) in [5.74, 6) is -0.624. The molecule has 78 valence electrons. The van der Waals surface area contributed by atoms with E-state index in [4.69, 9.17) is 5.11 Å². The van der Waals surface area contributed by atoms with E-state index in [1.54, 1.807) is 0 Å². The number of benzene rings is 1. The van der Waals surface area contributed by atoms with Crippen LogP contribution in [0.3, 0.4) is 0 Å². The van der Waals surface area contributed by atoms with Gasteiger partial charge >= 0.3 is 6.18 Å². The van der Waals surface area contributed by atoms with E-state index in [1.807, 2.05) is 0 Å². The van der Waals surface area contributed by atoms with Crippen LogP contribution in [0.1, 0.15) is 17.2 Å². The first-order valence-electron chi connectivity index (χ1n) is 3.83. The third-order valence-corrected chi connectivity index (χ3v) is 1.84. The zero-order valence-corrected chi connectivity index (χ0v) is 7.27. The Morgan fingerprint density at radius 3 is 2.29 bits per heavy atom. The normalized spacial score (nSPS) is 14.1. The third kappa shape index (κ3) is 2.23. The Morgan fingerprint density at radius 1 is 1.29 bits per heavy atom. The van der Waals surface area contributed by atoms with Crippen LogP contribution in [0.4, 0.5) is 17.6 Å². The molecule has 0 aliphatic rings. The summed E-state index contributed by atoms with van der Waals surface area (Å²) < 4.78 is 48.8. The second kappa shape index (κ2) is 3.57. The molecule has 0 aliphatic heterocycles. The van der Waals surface area contributed by atoms with Crippen LogP contribution in [0.2, 0.25) is 0 Å². The van der Waals surface area contributed by atoms with Crippen molar-refractivity contribution in [1.29, 1.82) is 0 Å². The van der Waals surface area contributed by atoms with E-state index in [0.29, 0.717) is 0 Å². The number of halogens is 4. The lowest BCUT2D eigenvalue weighted by Crippen LogP contribution is -2.21. The maximum absolute atomic E-state index is 12.5.